The molecule has 0 saturated heterocycles. The number of carboxylic acids is 1. The summed E-state index contributed by atoms with van der Waals surface area (Å²) < 4.78 is 4.74. The number of ether oxygens (including phenoxy) is 1. The van der Waals surface area contributed by atoms with Crippen molar-refractivity contribution in [3.8, 4) is 0 Å². The molecule has 0 aromatic carbocycles. The molecule has 1 atom stereocenters. The molecule has 4 nitrogen and oxygen atoms in total. The monoisotopic (exact) mass is 156 g/mol. The minimum atomic E-state index is -1.08. The lowest BCUT2D eigenvalue weighted by Gasteiger charge is -2.00. The van der Waals surface area contributed by atoms with E-state index in [-0.39, 0.29) is 12.2 Å². The molecule has 1 aliphatic rings. The van der Waals surface area contributed by atoms with Crippen LogP contribution >= 0.6 is 0 Å². The number of carboxylic acid groups (broad SMARTS) is 1. The molecule has 0 aromatic heterocycles. The van der Waals surface area contributed by atoms with Crippen LogP contribution in [0.3, 0.4) is 0 Å². The van der Waals surface area contributed by atoms with Gasteiger partial charge in [-0.15, -0.1) is 0 Å². The van der Waals surface area contributed by atoms with Crippen molar-refractivity contribution in [3.63, 3.8) is 0 Å². The number of hydrogen-bond acceptors (Lipinski definition) is 3. The molecular formula is C7H8O4. The third-order valence-corrected chi connectivity index (χ3v) is 1.61. The first-order valence-corrected chi connectivity index (χ1v) is 3.16. The Morgan fingerprint density at radius 2 is 2.45 bits per heavy atom. The second-order valence-electron chi connectivity index (χ2n) is 2.31. The highest BCUT2D eigenvalue weighted by atomic mass is 16.5. The third-order valence-electron chi connectivity index (χ3n) is 1.61. The lowest BCUT2D eigenvalue weighted by atomic mass is 10.1. The van der Waals surface area contributed by atoms with Crippen molar-refractivity contribution in [2.75, 3.05) is 7.11 Å². The minimum Gasteiger partial charge on any atom is -0.501 e. The number of carbonyl (C=O) groups excluding carboxylic acids is 1. The molecule has 0 saturated carbocycles. The largest absolute Gasteiger partial charge is 0.501 e. The van der Waals surface area contributed by atoms with Crippen LogP contribution in [0.1, 0.15) is 6.42 Å². The van der Waals surface area contributed by atoms with E-state index in [4.69, 9.17) is 9.84 Å². The van der Waals surface area contributed by atoms with E-state index in [1.54, 1.807) is 0 Å². The van der Waals surface area contributed by atoms with Gasteiger partial charge in [0.25, 0.3) is 0 Å². The fourth-order valence-corrected chi connectivity index (χ4v) is 0.971. The lowest BCUT2D eigenvalue weighted by Crippen LogP contribution is -2.17. The van der Waals surface area contributed by atoms with Gasteiger partial charge >= 0.3 is 5.97 Å². The Bertz CT molecular complexity index is 229. The van der Waals surface area contributed by atoms with Gasteiger partial charge in [-0.1, -0.05) is 0 Å². The summed E-state index contributed by atoms with van der Waals surface area (Å²) in [5.74, 6) is -1.94. The Hall–Kier alpha value is -1.32. The van der Waals surface area contributed by atoms with Gasteiger partial charge in [0.15, 0.2) is 5.78 Å². The lowest BCUT2D eigenvalue weighted by molar-refractivity contribution is -0.144. The summed E-state index contributed by atoms with van der Waals surface area (Å²) in [6.07, 6.45) is 1.42. The summed E-state index contributed by atoms with van der Waals surface area (Å²) in [6, 6.07) is 0. The highest BCUT2D eigenvalue weighted by Gasteiger charge is 2.31. The van der Waals surface area contributed by atoms with Crippen LogP contribution in [0.15, 0.2) is 11.8 Å². The van der Waals surface area contributed by atoms with Gasteiger partial charge in [-0.25, -0.2) is 0 Å². The number of hydrogen-bond donors (Lipinski definition) is 1. The van der Waals surface area contributed by atoms with Crippen molar-refractivity contribution in [1.82, 2.24) is 0 Å². The topological polar surface area (TPSA) is 63.6 Å². The summed E-state index contributed by atoms with van der Waals surface area (Å²) in [5, 5.41) is 8.49. The standard InChI is InChI=1S/C7H8O4/c1-11-4-2-5(7(9)10)6(8)3-4/h3,5H,2H2,1H3,(H,9,10). The maximum Gasteiger partial charge on any atom is 0.314 e. The smallest absolute Gasteiger partial charge is 0.314 e. The van der Waals surface area contributed by atoms with Gasteiger partial charge in [0, 0.05) is 12.5 Å². The second kappa shape index (κ2) is 2.74. The van der Waals surface area contributed by atoms with Crippen LogP contribution in [0.5, 0.6) is 0 Å². The van der Waals surface area contributed by atoms with E-state index in [0.29, 0.717) is 5.76 Å². The Balaban J connectivity index is 2.69. The molecule has 4 heteroatoms. The van der Waals surface area contributed by atoms with Gasteiger partial charge in [0.1, 0.15) is 11.7 Å². The zero-order chi connectivity index (χ0) is 8.43. The highest BCUT2D eigenvalue weighted by molar-refractivity contribution is 6.06. The van der Waals surface area contributed by atoms with Crippen LogP contribution in [-0.2, 0) is 14.3 Å². The van der Waals surface area contributed by atoms with E-state index in [1.165, 1.54) is 13.2 Å². The quantitative estimate of drug-likeness (QED) is 0.579. The van der Waals surface area contributed by atoms with E-state index in [9.17, 15) is 9.59 Å². The molecule has 0 spiro atoms. The van der Waals surface area contributed by atoms with Gasteiger partial charge in [-0.3, -0.25) is 9.59 Å². The molecule has 1 rings (SSSR count). The van der Waals surface area contributed by atoms with Gasteiger partial charge < -0.3 is 9.84 Å². The SMILES string of the molecule is COC1=CC(=O)C(C(=O)O)C1. The van der Waals surface area contributed by atoms with Crippen molar-refractivity contribution < 1.29 is 19.4 Å². The zero-order valence-corrected chi connectivity index (χ0v) is 6.03. The van der Waals surface area contributed by atoms with E-state index >= 15 is 0 Å². The van der Waals surface area contributed by atoms with Crippen molar-refractivity contribution in [1.29, 1.82) is 0 Å². The fraction of sp³-hybridized carbons (Fsp3) is 0.429. The molecule has 0 aliphatic heterocycles. The van der Waals surface area contributed by atoms with E-state index < -0.39 is 11.9 Å². The number of rotatable bonds is 2. The molecule has 60 valence electrons. The summed E-state index contributed by atoms with van der Waals surface area (Å²) in [6.45, 7) is 0. The average Bonchev–Trinajstić information content (AvgIpc) is 2.30. The summed E-state index contributed by atoms with van der Waals surface area (Å²) in [4.78, 5) is 21.2. The van der Waals surface area contributed by atoms with E-state index in [1.807, 2.05) is 0 Å². The molecule has 0 fully saturated rings. The van der Waals surface area contributed by atoms with Crippen LogP contribution in [0, 0.1) is 5.92 Å². The molecule has 1 aliphatic carbocycles. The summed E-state index contributed by atoms with van der Waals surface area (Å²) in [5.41, 5.74) is 0. The second-order valence-corrected chi connectivity index (χ2v) is 2.31. The van der Waals surface area contributed by atoms with Crippen LogP contribution in [0.25, 0.3) is 0 Å². The summed E-state index contributed by atoms with van der Waals surface area (Å²) in [7, 11) is 1.42. The normalized spacial score (nSPS) is 23.2. The predicted molar refractivity (Wildman–Crippen MR) is 35.8 cm³/mol. The van der Waals surface area contributed by atoms with Gasteiger partial charge in [0.05, 0.1) is 7.11 Å². The van der Waals surface area contributed by atoms with Crippen molar-refractivity contribution in [2.45, 2.75) is 6.42 Å². The highest BCUT2D eigenvalue weighted by Crippen LogP contribution is 2.21. The molecule has 1 unspecified atom stereocenters. The number of aliphatic carboxylic acids is 1. The van der Waals surface area contributed by atoms with Gasteiger partial charge in [0.2, 0.25) is 0 Å². The van der Waals surface area contributed by atoms with Crippen molar-refractivity contribution >= 4 is 11.8 Å². The Labute approximate surface area is 63.5 Å². The minimum absolute atomic E-state index is 0.185. The van der Waals surface area contributed by atoms with Gasteiger partial charge in [-0.05, 0) is 0 Å². The number of methoxy groups -OCH3 is 1. The fourth-order valence-electron chi connectivity index (χ4n) is 0.971. The van der Waals surface area contributed by atoms with E-state index in [2.05, 4.69) is 0 Å². The number of carbonyl (C=O) groups is 2. The molecule has 1 N–H and O–H groups in total. The van der Waals surface area contributed by atoms with Crippen LogP contribution < -0.4 is 0 Å². The number of allylic oxidation sites excluding steroid dienone is 2. The zero-order valence-electron chi connectivity index (χ0n) is 6.03. The van der Waals surface area contributed by atoms with Gasteiger partial charge in [-0.2, -0.15) is 0 Å². The van der Waals surface area contributed by atoms with Crippen molar-refractivity contribution in [3.05, 3.63) is 11.8 Å². The summed E-state index contributed by atoms with van der Waals surface area (Å²) >= 11 is 0. The van der Waals surface area contributed by atoms with Crippen LogP contribution in [-0.4, -0.2) is 24.0 Å². The Morgan fingerprint density at radius 1 is 1.82 bits per heavy atom. The molecule has 0 heterocycles. The molecule has 0 bridgehead atoms. The average molecular weight is 156 g/mol. The molecular weight excluding hydrogens is 148 g/mol. The maximum atomic E-state index is 10.8. The Morgan fingerprint density at radius 3 is 2.73 bits per heavy atom. The van der Waals surface area contributed by atoms with Crippen LogP contribution in [0.2, 0.25) is 0 Å². The number of ketones is 1. The first-order chi connectivity index (χ1) is 5.15. The maximum absolute atomic E-state index is 10.8. The first-order valence-electron chi connectivity index (χ1n) is 3.16. The van der Waals surface area contributed by atoms with Crippen LogP contribution in [0.4, 0.5) is 0 Å². The Kier molecular flexibility index (Phi) is 1.94. The molecule has 0 amide bonds. The first kappa shape index (κ1) is 7.78. The molecule has 0 aromatic rings. The predicted octanol–water partition coefficient (Wildman–Crippen LogP) is 0.190. The van der Waals surface area contributed by atoms with Crippen molar-refractivity contribution in [2.24, 2.45) is 5.92 Å². The third kappa shape index (κ3) is 1.39. The molecule has 0 radical (unpaired) electrons. The molecule has 11 heavy (non-hydrogen) atoms. The van der Waals surface area contributed by atoms with E-state index in [0.717, 1.165) is 0 Å².